The topological polar surface area (TPSA) is 120 Å². The largest absolute Gasteiger partial charge is 0.493 e. The normalized spacial score (nSPS) is 20.6. The lowest BCUT2D eigenvalue weighted by molar-refractivity contribution is -0.122. The zero-order valence-corrected chi connectivity index (χ0v) is 34.0. The lowest BCUT2D eigenvalue weighted by Crippen LogP contribution is -2.45. The Bertz CT molecular complexity index is 2120. The fraction of sp³-hybridized carbons (Fsp3) is 0.426. The van der Waals surface area contributed by atoms with Gasteiger partial charge in [-0.05, 0) is 123 Å². The molecule has 10 heteroatoms. The number of amides is 1. The van der Waals surface area contributed by atoms with Crippen molar-refractivity contribution in [3.05, 3.63) is 111 Å². The van der Waals surface area contributed by atoms with Crippen LogP contribution in [0.4, 0.5) is 0 Å². The average molecular weight is 786 g/mol. The van der Waals surface area contributed by atoms with Crippen LogP contribution in [-0.2, 0) is 24.4 Å². The maximum atomic E-state index is 11.7. The highest BCUT2D eigenvalue weighted by molar-refractivity contribution is 6.32. The molecule has 2 N–H and O–H groups in total. The molecule has 0 radical (unpaired) electrons. The molecule has 2 heterocycles. The zero-order valence-electron chi connectivity index (χ0n) is 33.2. The van der Waals surface area contributed by atoms with Gasteiger partial charge in [0.1, 0.15) is 30.0 Å². The molecule has 2 fully saturated rings. The number of piperidine rings is 2. The van der Waals surface area contributed by atoms with Crippen LogP contribution >= 0.6 is 11.6 Å². The molecular formula is C47H52ClN5O4. The van der Waals surface area contributed by atoms with E-state index in [1.165, 1.54) is 36.0 Å². The first-order valence-electron chi connectivity index (χ1n) is 20.4. The van der Waals surface area contributed by atoms with Crippen LogP contribution in [0.1, 0.15) is 104 Å². The number of hydrogen-bond donors (Lipinski definition) is 2. The van der Waals surface area contributed by atoms with Gasteiger partial charge in [0.15, 0.2) is 0 Å². The van der Waals surface area contributed by atoms with Crippen LogP contribution in [0.2, 0.25) is 5.02 Å². The number of rotatable bonds is 14. The Balaban J connectivity index is 1.08. The van der Waals surface area contributed by atoms with Crippen LogP contribution in [0.5, 0.6) is 17.2 Å². The molecule has 0 unspecified atom stereocenters. The smallest absolute Gasteiger partial charge is 0.220 e. The predicted molar refractivity (Wildman–Crippen MR) is 222 cm³/mol. The number of ether oxygens (including phenoxy) is 3. The van der Waals surface area contributed by atoms with Gasteiger partial charge in [-0.15, -0.1) is 0 Å². The summed E-state index contributed by atoms with van der Waals surface area (Å²) in [5, 5.41) is 26.0. The summed E-state index contributed by atoms with van der Waals surface area (Å²) < 4.78 is 19.6. The number of hydrogen-bond acceptors (Lipinski definition) is 8. The number of nitrogens with one attached hydrogen (secondary N) is 2. The van der Waals surface area contributed by atoms with Gasteiger partial charge < -0.3 is 24.8 Å². The monoisotopic (exact) mass is 785 g/mol. The Morgan fingerprint density at radius 3 is 2.37 bits per heavy atom. The van der Waals surface area contributed by atoms with Crippen molar-refractivity contribution in [1.82, 2.24) is 15.5 Å². The number of fused-ring (bicyclic) bond motifs is 1. The van der Waals surface area contributed by atoms with Crippen molar-refractivity contribution >= 4 is 17.5 Å². The Morgan fingerprint density at radius 2 is 1.63 bits per heavy atom. The van der Waals surface area contributed by atoms with E-state index in [1.54, 1.807) is 18.2 Å². The van der Waals surface area contributed by atoms with Crippen molar-refractivity contribution in [3.63, 3.8) is 0 Å². The second-order valence-corrected chi connectivity index (χ2v) is 16.2. The number of carbonyl (C=O) groups is 1. The van der Waals surface area contributed by atoms with Gasteiger partial charge in [-0.2, -0.15) is 10.5 Å². The first-order valence-corrected chi connectivity index (χ1v) is 20.7. The van der Waals surface area contributed by atoms with Gasteiger partial charge in [-0.25, -0.2) is 0 Å². The summed E-state index contributed by atoms with van der Waals surface area (Å²) in [6, 6.07) is 27.2. The van der Waals surface area contributed by atoms with E-state index in [4.69, 9.17) is 25.8 Å². The van der Waals surface area contributed by atoms with Crippen LogP contribution in [0.25, 0.3) is 11.1 Å². The average Bonchev–Trinajstić information content (AvgIpc) is 3.63. The van der Waals surface area contributed by atoms with Crippen molar-refractivity contribution in [2.24, 2.45) is 0 Å². The number of likely N-dealkylation sites (tertiary alicyclic amines) is 1. The van der Waals surface area contributed by atoms with Crippen molar-refractivity contribution in [3.8, 4) is 40.5 Å². The third-order valence-electron chi connectivity index (χ3n) is 11.9. The molecule has 296 valence electrons. The highest BCUT2D eigenvalue weighted by atomic mass is 35.5. The van der Waals surface area contributed by atoms with E-state index in [9.17, 15) is 15.3 Å². The minimum absolute atomic E-state index is 0.0644. The van der Waals surface area contributed by atoms with Crippen LogP contribution in [-0.4, -0.2) is 48.6 Å². The second-order valence-electron chi connectivity index (χ2n) is 15.8. The van der Waals surface area contributed by atoms with Crippen molar-refractivity contribution < 1.29 is 19.0 Å². The van der Waals surface area contributed by atoms with Gasteiger partial charge in [0, 0.05) is 55.8 Å². The molecule has 2 aliphatic heterocycles. The summed E-state index contributed by atoms with van der Waals surface area (Å²) in [5.41, 5.74) is 8.27. The fourth-order valence-corrected chi connectivity index (χ4v) is 8.95. The minimum atomic E-state index is -0.204. The molecule has 4 aromatic carbocycles. The minimum Gasteiger partial charge on any atom is -0.493 e. The summed E-state index contributed by atoms with van der Waals surface area (Å²) in [6.07, 6.45) is 7.57. The van der Waals surface area contributed by atoms with E-state index < -0.39 is 0 Å². The quantitative estimate of drug-likeness (QED) is 0.122. The zero-order chi connectivity index (χ0) is 39.9. The molecule has 2 saturated heterocycles. The van der Waals surface area contributed by atoms with Crippen molar-refractivity contribution in [2.45, 2.75) is 110 Å². The van der Waals surface area contributed by atoms with E-state index in [2.05, 4.69) is 84.8 Å². The van der Waals surface area contributed by atoms with Gasteiger partial charge in [0.25, 0.3) is 0 Å². The summed E-state index contributed by atoms with van der Waals surface area (Å²) >= 11 is 6.97. The van der Waals surface area contributed by atoms with Crippen LogP contribution in [0.3, 0.4) is 0 Å². The third kappa shape index (κ3) is 9.57. The first-order chi connectivity index (χ1) is 27.7. The molecule has 4 aromatic rings. The van der Waals surface area contributed by atoms with E-state index in [-0.39, 0.29) is 24.7 Å². The second kappa shape index (κ2) is 18.5. The molecule has 7 rings (SSSR count). The van der Waals surface area contributed by atoms with Gasteiger partial charge in [0.05, 0.1) is 34.9 Å². The molecule has 57 heavy (non-hydrogen) atoms. The Hall–Kier alpha value is -5.06. The van der Waals surface area contributed by atoms with E-state index >= 15 is 0 Å². The molecular weight excluding hydrogens is 734 g/mol. The predicted octanol–water partition coefficient (Wildman–Crippen LogP) is 9.10. The standard InChI is InChI=1S/C47H52ClN5O4/c1-30-8-4-9-31(2)53(30)18-7-19-55-43-13-6-10-38(32(43)3)39-11-5-12-41-40(39)15-16-44(41)57-46-24-45(56-29-35-21-33(25-49)20-34(22-35)26-50)36(23-42(46)48)27-51-37-14-17-47(54)52-28-37/h5-6,10-13,20-24,30-31,37,44,51H,4,7-9,14-19,27-29H2,1-3H3,(H,52,54)/t30-,31+,37-,44-/m0/s1. The Kier molecular flexibility index (Phi) is 13.0. The molecule has 3 aliphatic rings. The summed E-state index contributed by atoms with van der Waals surface area (Å²) in [5.74, 6) is 2.10. The molecule has 0 saturated carbocycles. The molecule has 4 atom stereocenters. The summed E-state index contributed by atoms with van der Waals surface area (Å²) in [6.45, 7) is 9.77. The number of carbonyl (C=O) groups excluding carboxylic acids is 1. The molecule has 1 aliphatic carbocycles. The van der Waals surface area contributed by atoms with Crippen molar-refractivity contribution in [1.29, 1.82) is 10.5 Å². The molecule has 9 nitrogen and oxygen atoms in total. The maximum Gasteiger partial charge on any atom is 0.220 e. The van der Waals surface area contributed by atoms with Crippen molar-refractivity contribution in [2.75, 3.05) is 19.7 Å². The highest BCUT2D eigenvalue weighted by Gasteiger charge is 2.29. The maximum absolute atomic E-state index is 11.7. The van der Waals surface area contributed by atoms with Gasteiger partial charge in [-0.1, -0.05) is 48.4 Å². The fourth-order valence-electron chi connectivity index (χ4n) is 8.72. The van der Waals surface area contributed by atoms with Gasteiger partial charge in [-0.3, -0.25) is 9.69 Å². The number of nitriles is 2. The first kappa shape index (κ1) is 40.1. The highest BCUT2D eigenvalue weighted by Crippen LogP contribution is 2.44. The Labute approximate surface area is 341 Å². The number of halogens is 1. The summed E-state index contributed by atoms with van der Waals surface area (Å²) in [7, 11) is 0. The van der Waals surface area contributed by atoms with Crippen LogP contribution in [0.15, 0.2) is 66.7 Å². The molecule has 0 aromatic heterocycles. The van der Waals surface area contributed by atoms with Gasteiger partial charge in [0.2, 0.25) is 5.91 Å². The molecule has 0 bridgehead atoms. The SMILES string of the molecule is Cc1c(OCCCN2[C@H](C)CCC[C@@H]2C)cccc1-c1cccc2c1CC[C@@H]2Oc1cc(OCc2cc(C#N)cc(C#N)c2)c(CN[C@H]2CCC(=O)NC2)cc1Cl. The van der Waals surface area contributed by atoms with Gasteiger partial charge >= 0.3 is 0 Å². The molecule has 0 spiro atoms. The van der Waals surface area contributed by atoms with E-state index in [0.717, 1.165) is 54.7 Å². The summed E-state index contributed by atoms with van der Waals surface area (Å²) in [4.78, 5) is 14.4. The van der Waals surface area contributed by atoms with Crippen LogP contribution < -0.4 is 24.8 Å². The van der Waals surface area contributed by atoms with Crippen LogP contribution in [0, 0.1) is 29.6 Å². The van der Waals surface area contributed by atoms with E-state index in [0.29, 0.717) is 71.4 Å². The lowest BCUT2D eigenvalue weighted by Gasteiger charge is -2.39. The lowest BCUT2D eigenvalue weighted by atomic mass is 9.93. The third-order valence-corrected chi connectivity index (χ3v) is 12.2. The number of nitrogens with zero attached hydrogens (tertiary/aromatic N) is 3. The Morgan fingerprint density at radius 1 is 0.877 bits per heavy atom. The molecule has 1 amide bonds. The van der Waals surface area contributed by atoms with E-state index in [1.807, 2.05) is 12.1 Å². The number of benzene rings is 4.